The first kappa shape index (κ1) is 16.9. The molecule has 1 fully saturated rings. The predicted molar refractivity (Wildman–Crippen MR) is 70.2 cm³/mol. The summed E-state index contributed by atoms with van der Waals surface area (Å²) in [5, 5.41) is 19.7. The van der Waals surface area contributed by atoms with Crippen LogP contribution in [0.4, 0.5) is 0 Å². The fourth-order valence-corrected chi connectivity index (χ4v) is 2.13. The Labute approximate surface area is 121 Å². The van der Waals surface area contributed by atoms with E-state index in [1.807, 2.05) is 0 Å². The van der Waals surface area contributed by atoms with Crippen molar-refractivity contribution in [1.29, 1.82) is 0 Å². The van der Waals surface area contributed by atoms with Crippen molar-refractivity contribution in [3.63, 3.8) is 0 Å². The van der Waals surface area contributed by atoms with E-state index >= 15 is 0 Å². The van der Waals surface area contributed by atoms with Crippen LogP contribution in [0.1, 0.15) is 25.7 Å². The van der Waals surface area contributed by atoms with Crippen LogP contribution in [0.25, 0.3) is 0 Å². The van der Waals surface area contributed by atoms with Crippen LogP contribution >= 0.6 is 0 Å². The lowest BCUT2D eigenvalue weighted by Gasteiger charge is -2.22. The molecule has 0 aromatic rings. The van der Waals surface area contributed by atoms with Gasteiger partial charge in [-0.3, -0.25) is 14.4 Å². The van der Waals surface area contributed by atoms with Crippen molar-refractivity contribution >= 4 is 23.8 Å². The summed E-state index contributed by atoms with van der Waals surface area (Å²) in [6.07, 6.45) is 0.731. The van der Waals surface area contributed by atoms with Crippen molar-refractivity contribution in [2.75, 3.05) is 13.1 Å². The van der Waals surface area contributed by atoms with Gasteiger partial charge in [0.1, 0.15) is 6.04 Å². The zero-order chi connectivity index (χ0) is 16.0. The highest BCUT2D eigenvalue weighted by molar-refractivity contribution is 5.89. The van der Waals surface area contributed by atoms with Crippen LogP contribution in [0, 0.1) is 0 Å². The number of carbonyl (C=O) groups excluding carboxylic acids is 2. The zero-order valence-corrected chi connectivity index (χ0v) is 11.4. The molecule has 9 heteroatoms. The molecular formula is C12H19N3O6. The maximum Gasteiger partial charge on any atom is 0.326 e. The minimum Gasteiger partial charge on any atom is -0.481 e. The third-order valence-electron chi connectivity index (χ3n) is 3.28. The van der Waals surface area contributed by atoms with Crippen molar-refractivity contribution < 1.29 is 29.4 Å². The van der Waals surface area contributed by atoms with E-state index in [4.69, 9.17) is 15.9 Å². The molecule has 1 heterocycles. The van der Waals surface area contributed by atoms with Gasteiger partial charge in [0, 0.05) is 13.0 Å². The number of nitrogens with two attached hydrogens (primary N) is 1. The number of carbonyl (C=O) groups is 4. The maximum absolute atomic E-state index is 11.9. The van der Waals surface area contributed by atoms with Crippen LogP contribution in [-0.4, -0.2) is 64.0 Å². The minimum atomic E-state index is -1.06. The highest BCUT2D eigenvalue weighted by atomic mass is 16.4. The Kier molecular flexibility index (Phi) is 6.10. The van der Waals surface area contributed by atoms with Gasteiger partial charge in [0.05, 0.1) is 12.6 Å². The van der Waals surface area contributed by atoms with Crippen molar-refractivity contribution in [1.82, 2.24) is 10.2 Å². The van der Waals surface area contributed by atoms with Gasteiger partial charge >= 0.3 is 11.9 Å². The molecule has 9 nitrogen and oxygen atoms in total. The molecule has 1 rings (SSSR count). The van der Waals surface area contributed by atoms with E-state index in [1.165, 1.54) is 4.90 Å². The molecule has 5 N–H and O–H groups in total. The number of amides is 2. The normalized spacial score (nSPS) is 19.1. The molecule has 118 valence electrons. The molecule has 1 aliphatic heterocycles. The van der Waals surface area contributed by atoms with Gasteiger partial charge in [0.15, 0.2) is 0 Å². The van der Waals surface area contributed by atoms with E-state index in [0.29, 0.717) is 19.4 Å². The van der Waals surface area contributed by atoms with E-state index < -0.39 is 35.8 Å². The van der Waals surface area contributed by atoms with Crippen molar-refractivity contribution in [3.8, 4) is 0 Å². The molecule has 0 aliphatic carbocycles. The summed E-state index contributed by atoms with van der Waals surface area (Å²) >= 11 is 0. The SMILES string of the molecule is N[C@@H](CCC(=O)O)C(=O)NCC(=O)N1CCC[C@@H]1C(=O)O. The van der Waals surface area contributed by atoms with Gasteiger partial charge < -0.3 is 26.2 Å². The number of carboxylic acids is 2. The molecule has 1 aliphatic rings. The number of likely N-dealkylation sites (tertiary alicyclic amines) is 1. The van der Waals surface area contributed by atoms with E-state index in [-0.39, 0.29) is 19.4 Å². The molecule has 2 atom stereocenters. The van der Waals surface area contributed by atoms with Gasteiger partial charge in [-0.1, -0.05) is 0 Å². The number of carboxylic acid groups (broad SMARTS) is 2. The van der Waals surface area contributed by atoms with E-state index in [0.717, 1.165) is 0 Å². The van der Waals surface area contributed by atoms with Gasteiger partial charge in [-0.25, -0.2) is 4.79 Å². The fraction of sp³-hybridized carbons (Fsp3) is 0.667. The van der Waals surface area contributed by atoms with E-state index in [9.17, 15) is 19.2 Å². The Morgan fingerprint density at radius 2 is 1.95 bits per heavy atom. The Morgan fingerprint density at radius 3 is 2.52 bits per heavy atom. The average molecular weight is 301 g/mol. The standard InChI is InChI=1S/C12H19N3O6/c13-7(3-4-10(17)18)11(19)14-6-9(16)15-5-1-2-8(15)12(20)21/h7-8H,1-6,13H2,(H,14,19)(H,17,18)(H,20,21)/t7-,8+/m0/s1. The number of rotatable bonds is 7. The number of hydrogen-bond donors (Lipinski definition) is 4. The summed E-state index contributed by atoms with van der Waals surface area (Å²) in [5.74, 6) is -3.24. The summed E-state index contributed by atoms with van der Waals surface area (Å²) in [6.45, 7) is 0.000122. The number of nitrogens with one attached hydrogen (secondary N) is 1. The number of aliphatic carboxylic acids is 2. The predicted octanol–water partition coefficient (Wildman–Crippen LogP) is -1.63. The molecule has 0 aromatic heterocycles. The van der Waals surface area contributed by atoms with Gasteiger partial charge in [-0.2, -0.15) is 0 Å². The maximum atomic E-state index is 11.9. The quantitative estimate of drug-likeness (QED) is 0.441. The molecule has 0 radical (unpaired) electrons. The van der Waals surface area contributed by atoms with Crippen LogP contribution < -0.4 is 11.1 Å². The molecule has 21 heavy (non-hydrogen) atoms. The summed E-state index contributed by atoms with van der Waals surface area (Å²) in [6, 6.07) is -1.86. The Bertz CT molecular complexity index is 439. The Hall–Kier alpha value is -2.16. The molecule has 1 saturated heterocycles. The van der Waals surface area contributed by atoms with Crippen molar-refractivity contribution in [2.24, 2.45) is 5.73 Å². The van der Waals surface area contributed by atoms with E-state index in [2.05, 4.69) is 5.32 Å². The first-order valence-electron chi connectivity index (χ1n) is 6.60. The largest absolute Gasteiger partial charge is 0.481 e. The smallest absolute Gasteiger partial charge is 0.326 e. The summed E-state index contributed by atoms with van der Waals surface area (Å²) in [4.78, 5) is 46.0. The molecular weight excluding hydrogens is 282 g/mol. The second kappa shape index (κ2) is 7.58. The molecule has 0 saturated carbocycles. The molecule has 2 amide bonds. The molecule has 0 bridgehead atoms. The van der Waals surface area contributed by atoms with Gasteiger partial charge in [0.2, 0.25) is 11.8 Å². The lowest BCUT2D eigenvalue weighted by Crippen LogP contribution is -2.48. The minimum absolute atomic E-state index is 0.0309. The Balaban J connectivity index is 2.40. The Morgan fingerprint density at radius 1 is 1.29 bits per heavy atom. The van der Waals surface area contributed by atoms with Crippen LogP contribution in [0.15, 0.2) is 0 Å². The van der Waals surface area contributed by atoms with Crippen LogP contribution in [0.3, 0.4) is 0 Å². The third-order valence-corrected chi connectivity index (χ3v) is 3.28. The van der Waals surface area contributed by atoms with E-state index in [1.54, 1.807) is 0 Å². The summed E-state index contributed by atoms with van der Waals surface area (Å²) in [5.41, 5.74) is 5.49. The second-order valence-corrected chi connectivity index (χ2v) is 4.84. The van der Waals surface area contributed by atoms with Crippen LogP contribution in [0.5, 0.6) is 0 Å². The second-order valence-electron chi connectivity index (χ2n) is 4.84. The summed E-state index contributed by atoms with van der Waals surface area (Å²) in [7, 11) is 0. The molecule has 0 spiro atoms. The lowest BCUT2D eigenvalue weighted by molar-refractivity contribution is -0.148. The van der Waals surface area contributed by atoms with Crippen LogP contribution in [-0.2, 0) is 19.2 Å². The third kappa shape index (κ3) is 5.03. The monoisotopic (exact) mass is 301 g/mol. The molecule has 0 aromatic carbocycles. The first-order chi connectivity index (χ1) is 9.82. The highest BCUT2D eigenvalue weighted by Gasteiger charge is 2.33. The first-order valence-corrected chi connectivity index (χ1v) is 6.60. The van der Waals surface area contributed by atoms with Gasteiger partial charge in [-0.05, 0) is 19.3 Å². The molecule has 0 unspecified atom stereocenters. The van der Waals surface area contributed by atoms with Gasteiger partial charge in [-0.15, -0.1) is 0 Å². The topological polar surface area (TPSA) is 150 Å². The van der Waals surface area contributed by atoms with Crippen molar-refractivity contribution in [3.05, 3.63) is 0 Å². The lowest BCUT2D eigenvalue weighted by atomic mass is 10.1. The average Bonchev–Trinajstić information content (AvgIpc) is 2.91. The zero-order valence-electron chi connectivity index (χ0n) is 11.4. The van der Waals surface area contributed by atoms with Gasteiger partial charge in [0.25, 0.3) is 0 Å². The van der Waals surface area contributed by atoms with Crippen molar-refractivity contribution in [2.45, 2.75) is 37.8 Å². The number of hydrogen-bond acceptors (Lipinski definition) is 5. The number of nitrogens with zero attached hydrogens (tertiary/aromatic N) is 1. The summed E-state index contributed by atoms with van der Waals surface area (Å²) < 4.78 is 0. The fourth-order valence-electron chi connectivity index (χ4n) is 2.13. The highest BCUT2D eigenvalue weighted by Crippen LogP contribution is 2.17. The van der Waals surface area contributed by atoms with Crippen LogP contribution in [0.2, 0.25) is 0 Å².